The predicted octanol–water partition coefficient (Wildman–Crippen LogP) is 2.91. The van der Waals surface area contributed by atoms with Crippen LogP contribution in [0.25, 0.3) is 11.1 Å². The zero-order chi connectivity index (χ0) is 23.4. The summed E-state index contributed by atoms with van der Waals surface area (Å²) in [6.07, 6.45) is -0.812. The minimum atomic E-state index is -0.983. The summed E-state index contributed by atoms with van der Waals surface area (Å²) in [5.41, 5.74) is 4.61. The number of rotatable bonds is 8. The first kappa shape index (κ1) is 22.8. The molecule has 3 N–H and O–H groups in total. The van der Waals surface area contributed by atoms with E-state index in [1.807, 2.05) is 24.3 Å². The molecule has 33 heavy (non-hydrogen) atoms. The van der Waals surface area contributed by atoms with Crippen molar-refractivity contribution in [2.45, 2.75) is 37.8 Å². The second-order valence-electron chi connectivity index (χ2n) is 8.55. The number of aliphatic carboxylic acids is 1. The molecule has 2 aromatic carbocycles. The summed E-state index contributed by atoms with van der Waals surface area (Å²) in [4.78, 5) is 35.7. The molecule has 2 amide bonds. The molecular weight excluding hydrogens is 424 g/mol. The maximum Gasteiger partial charge on any atom is 0.407 e. The Morgan fingerprint density at radius 1 is 1.09 bits per heavy atom. The van der Waals surface area contributed by atoms with Gasteiger partial charge in [-0.1, -0.05) is 48.5 Å². The van der Waals surface area contributed by atoms with Crippen LogP contribution in [0.4, 0.5) is 4.79 Å². The second-order valence-corrected chi connectivity index (χ2v) is 8.55. The number of amides is 2. The summed E-state index contributed by atoms with van der Waals surface area (Å²) in [5, 5.41) is 14.3. The Morgan fingerprint density at radius 2 is 1.73 bits per heavy atom. The summed E-state index contributed by atoms with van der Waals surface area (Å²) in [5.74, 6) is -1.57. The summed E-state index contributed by atoms with van der Waals surface area (Å²) in [6, 6.07) is 15.8. The Bertz CT molecular complexity index is 994. The van der Waals surface area contributed by atoms with E-state index in [1.165, 1.54) is 0 Å². The molecule has 0 unspecified atom stereocenters. The number of benzene rings is 2. The summed E-state index contributed by atoms with van der Waals surface area (Å²) < 4.78 is 11.1. The minimum Gasteiger partial charge on any atom is -0.481 e. The van der Waals surface area contributed by atoms with Crippen molar-refractivity contribution in [3.63, 3.8) is 0 Å². The van der Waals surface area contributed by atoms with Crippen LogP contribution in [0.3, 0.4) is 0 Å². The molecule has 3 atom stereocenters. The molecule has 0 spiro atoms. The number of fused-ring (bicyclic) bond motifs is 3. The van der Waals surface area contributed by atoms with Gasteiger partial charge >= 0.3 is 12.1 Å². The summed E-state index contributed by atoms with van der Waals surface area (Å²) >= 11 is 0. The Balaban J connectivity index is 1.29. The molecule has 8 nitrogen and oxygen atoms in total. The SMILES string of the molecule is C[C@@H](CC(=O)O)NC(=O)[C@@H]1OCC[C@@H]1CNC(=O)OCC1c2ccccc2-c2ccccc21. The van der Waals surface area contributed by atoms with E-state index in [9.17, 15) is 14.4 Å². The van der Waals surface area contributed by atoms with Crippen molar-refractivity contribution in [3.8, 4) is 11.1 Å². The number of ether oxygens (including phenoxy) is 2. The molecule has 8 heteroatoms. The van der Waals surface area contributed by atoms with E-state index in [0.717, 1.165) is 22.3 Å². The average molecular weight is 453 g/mol. The average Bonchev–Trinajstić information content (AvgIpc) is 3.38. The van der Waals surface area contributed by atoms with Gasteiger partial charge in [0.05, 0.1) is 6.42 Å². The standard InChI is InChI=1S/C25H28N2O6/c1-15(12-22(28)29)27-24(30)23-16(10-11-32-23)13-26-25(31)33-14-21-19-8-4-2-6-17(19)18-7-3-5-9-20(18)21/h2-9,15-16,21,23H,10-14H2,1H3,(H,26,31)(H,27,30)(H,28,29)/t15-,16+,23+/m0/s1. The number of carbonyl (C=O) groups is 3. The number of carbonyl (C=O) groups excluding carboxylic acids is 2. The Labute approximate surface area is 192 Å². The monoisotopic (exact) mass is 452 g/mol. The largest absolute Gasteiger partial charge is 0.481 e. The number of carboxylic acids is 1. The van der Waals surface area contributed by atoms with Crippen LogP contribution in [0.5, 0.6) is 0 Å². The normalized spacial score (nSPS) is 19.9. The molecule has 2 aliphatic rings. The van der Waals surface area contributed by atoms with E-state index in [1.54, 1.807) is 6.92 Å². The zero-order valence-electron chi connectivity index (χ0n) is 18.5. The number of alkyl carbamates (subject to hydrolysis) is 1. The molecule has 1 fully saturated rings. The van der Waals surface area contributed by atoms with Crippen LogP contribution in [-0.2, 0) is 19.1 Å². The van der Waals surface area contributed by atoms with Crippen LogP contribution in [0.1, 0.15) is 36.8 Å². The fourth-order valence-electron chi connectivity index (χ4n) is 4.63. The third-order valence-corrected chi connectivity index (χ3v) is 6.19. The molecule has 1 saturated heterocycles. The number of nitrogens with one attached hydrogen (secondary N) is 2. The number of hydrogen-bond donors (Lipinski definition) is 3. The first-order chi connectivity index (χ1) is 15.9. The highest BCUT2D eigenvalue weighted by molar-refractivity contribution is 5.82. The van der Waals surface area contributed by atoms with Crippen molar-refractivity contribution in [1.29, 1.82) is 0 Å². The highest BCUT2D eigenvalue weighted by Gasteiger charge is 2.35. The third kappa shape index (κ3) is 5.17. The van der Waals surface area contributed by atoms with E-state index < -0.39 is 24.2 Å². The molecule has 174 valence electrons. The number of carboxylic acid groups (broad SMARTS) is 1. The van der Waals surface area contributed by atoms with E-state index in [2.05, 4.69) is 34.9 Å². The van der Waals surface area contributed by atoms with Gasteiger partial charge in [-0.15, -0.1) is 0 Å². The van der Waals surface area contributed by atoms with Gasteiger partial charge in [-0.3, -0.25) is 9.59 Å². The van der Waals surface area contributed by atoms with Crippen molar-refractivity contribution < 1.29 is 29.0 Å². The topological polar surface area (TPSA) is 114 Å². The van der Waals surface area contributed by atoms with Crippen molar-refractivity contribution in [2.75, 3.05) is 19.8 Å². The predicted molar refractivity (Wildman–Crippen MR) is 121 cm³/mol. The van der Waals surface area contributed by atoms with E-state index >= 15 is 0 Å². The van der Waals surface area contributed by atoms with Gasteiger partial charge in [0.25, 0.3) is 0 Å². The fraction of sp³-hybridized carbons (Fsp3) is 0.400. The van der Waals surface area contributed by atoms with Crippen molar-refractivity contribution in [2.24, 2.45) is 5.92 Å². The van der Waals surface area contributed by atoms with Crippen LogP contribution in [-0.4, -0.2) is 55.0 Å². The summed E-state index contributed by atoms with van der Waals surface area (Å²) in [7, 11) is 0. The lowest BCUT2D eigenvalue weighted by Gasteiger charge is -2.21. The molecule has 1 aliphatic heterocycles. The lowest BCUT2D eigenvalue weighted by Crippen LogP contribution is -2.45. The minimum absolute atomic E-state index is 0.0211. The Kier molecular flexibility index (Phi) is 6.93. The van der Waals surface area contributed by atoms with Crippen molar-refractivity contribution in [3.05, 3.63) is 59.7 Å². The lowest BCUT2D eigenvalue weighted by atomic mass is 9.98. The van der Waals surface area contributed by atoms with Gasteiger partial charge in [0, 0.05) is 31.0 Å². The molecule has 4 rings (SSSR count). The van der Waals surface area contributed by atoms with Gasteiger partial charge in [0.1, 0.15) is 12.7 Å². The Morgan fingerprint density at radius 3 is 2.36 bits per heavy atom. The molecule has 0 aromatic heterocycles. The first-order valence-electron chi connectivity index (χ1n) is 11.2. The first-order valence-corrected chi connectivity index (χ1v) is 11.2. The molecule has 0 saturated carbocycles. The van der Waals surface area contributed by atoms with E-state index in [4.69, 9.17) is 14.6 Å². The van der Waals surface area contributed by atoms with Crippen LogP contribution < -0.4 is 10.6 Å². The zero-order valence-corrected chi connectivity index (χ0v) is 18.5. The van der Waals surface area contributed by atoms with Gasteiger partial charge in [-0.05, 0) is 35.6 Å². The highest BCUT2D eigenvalue weighted by Crippen LogP contribution is 2.44. The van der Waals surface area contributed by atoms with E-state index in [0.29, 0.717) is 13.0 Å². The lowest BCUT2D eigenvalue weighted by molar-refractivity contribution is -0.138. The maximum atomic E-state index is 12.5. The molecule has 1 heterocycles. The van der Waals surface area contributed by atoms with Crippen LogP contribution >= 0.6 is 0 Å². The van der Waals surface area contributed by atoms with Crippen molar-refractivity contribution in [1.82, 2.24) is 10.6 Å². The van der Waals surface area contributed by atoms with Gasteiger partial charge < -0.3 is 25.2 Å². The molecule has 0 radical (unpaired) electrons. The number of hydrogen-bond acceptors (Lipinski definition) is 5. The fourth-order valence-corrected chi connectivity index (χ4v) is 4.63. The second kappa shape index (κ2) is 10.0. The highest BCUT2D eigenvalue weighted by atomic mass is 16.5. The van der Waals surface area contributed by atoms with Gasteiger partial charge in [0.2, 0.25) is 5.91 Å². The van der Waals surface area contributed by atoms with Crippen LogP contribution in [0, 0.1) is 5.92 Å². The molecule has 0 bridgehead atoms. The van der Waals surface area contributed by atoms with Crippen LogP contribution in [0.2, 0.25) is 0 Å². The van der Waals surface area contributed by atoms with Gasteiger partial charge in [-0.25, -0.2) is 4.79 Å². The van der Waals surface area contributed by atoms with Gasteiger partial charge in [0.15, 0.2) is 0 Å². The third-order valence-electron chi connectivity index (χ3n) is 6.19. The quantitative estimate of drug-likeness (QED) is 0.568. The maximum absolute atomic E-state index is 12.5. The van der Waals surface area contributed by atoms with Crippen molar-refractivity contribution >= 4 is 18.0 Å². The molecule has 1 aliphatic carbocycles. The molecule has 2 aromatic rings. The smallest absolute Gasteiger partial charge is 0.407 e. The molecular formula is C25H28N2O6. The Hall–Kier alpha value is -3.39. The summed E-state index contributed by atoms with van der Waals surface area (Å²) in [6.45, 7) is 2.49. The van der Waals surface area contributed by atoms with Crippen LogP contribution in [0.15, 0.2) is 48.5 Å². The van der Waals surface area contributed by atoms with Gasteiger partial charge in [-0.2, -0.15) is 0 Å². The van der Waals surface area contributed by atoms with E-state index in [-0.39, 0.29) is 37.3 Å².